The summed E-state index contributed by atoms with van der Waals surface area (Å²) in [6, 6.07) is 21.8. The van der Waals surface area contributed by atoms with Crippen molar-refractivity contribution in [3.05, 3.63) is 101 Å². The van der Waals surface area contributed by atoms with Crippen molar-refractivity contribution in [1.82, 2.24) is 9.55 Å². The molecule has 2 amide bonds. The summed E-state index contributed by atoms with van der Waals surface area (Å²) >= 11 is 0. The van der Waals surface area contributed by atoms with Crippen LogP contribution in [-0.4, -0.2) is 21.4 Å². The third kappa shape index (κ3) is 4.79. The maximum Gasteiger partial charge on any atom is 0.294 e. The first-order valence-corrected chi connectivity index (χ1v) is 10.3. The van der Waals surface area contributed by atoms with Crippen LogP contribution in [0.25, 0.3) is 11.0 Å². The van der Waals surface area contributed by atoms with Crippen molar-refractivity contribution in [3.8, 4) is 0 Å². The highest BCUT2D eigenvalue weighted by atomic mass is 19.1. The van der Waals surface area contributed by atoms with Gasteiger partial charge in [-0.3, -0.25) is 23.9 Å². The topological polar surface area (TPSA) is 84.3 Å². The average molecular weight is 444 g/mol. The van der Waals surface area contributed by atoms with E-state index >= 15 is 0 Å². The van der Waals surface area contributed by atoms with Gasteiger partial charge >= 0.3 is 0 Å². The van der Waals surface area contributed by atoms with Crippen LogP contribution in [0.1, 0.15) is 12.5 Å². The zero-order valence-electron chi connectivity index (χ0n) is 17.9. The third-order valence-electron chi connectivity index (χ3n) is 5.10. The van der Waals surface area contributed by atoms with E-state index in [0.717, 1.165) is 5.56 Å². The first-order valence-electron chi connectivity index (χ1n) is 10.3. The monoisotopic (exact) mass is 444 g/mol. The second kappa shape index (κ2) is 9.44. The van der Waals surface area contributed by atoms with Gasteiger partial charge in [0.15, 0.2) is 0 Å². The molecular weight excluding hydrogens is 423 g/mol. The van der Waals surface area contributed by atoms with Crippen molar-refractivity contribution in [2.45, 2.75) is 20.0 Å². The number of hydrogen-bond donors (Lipinski definition) is 1. The molecule has 0 saturated heterocycles. The summed E-state index contributed by atoms with van der Waals surface area (Å²) in [7, 11) is 0. The fraction of sp³-hybridized carbons (Fsp3) is 0.120. The molecule has 0 unspecified atom stereocenters. The van der Waals surface area contributed by atoms with Crippen LogP contribution in [0.5, 0.6) is 0 Å². The molecular formula is C25H21FN4O3. The Morgan fingerprint density at radius 2 is 1.64 bits per heavy atom. The molecule has 0 bridgehead atoms. The van der Waals surface area contributed by atoms with Crippen LogP contribution in [0.15, 0.2) is 83.7 Å². The van der Waals surface area contributed by atoms with E-state index in [2.05, 4.69) is 10.3 Å². The first-order chi connectivity index (χ1) is 15.9. The van der Waals surface area contributed by atoms with E-state index in [1.807, 2.05) is 30.3 Å². The Kier molecular flexibility index (Phi) is 6.26. The lowest BCUT2D eigenvalue weighted by Gasteiger charge is -2.21. The molecule has 166 valence electrons. The normalized spacial score (nSPS) is 10.7. The van der Waals surface area contributed by atoms with Crippen LogP contribution in [0, 0.1) is 5.82 Å². The van der Waals surface area contributed by atoms with E-state index in [4.69, 9.17) is 0 Å². The number of anilines is 2. The van der Waals surface area contributed by atoms with Gasteiger partial charge in [-0.05, 0) is 29.8 Å². The van der Waals surface area contributed by atoms with Crippen LogP contribution >= 0.6 is 0 Å². The standard InChI is InChI=1S/C25H21FN4O3/c1-17(31)29(15-18-9-3-2-4-10-18)24-25(33)30(22-14-8-7-13-21(22)28-24)16-23(32)27-20-12-6-5-11-19(20)26/h2-14H,15-16H2,1H3,(H,27,32). The summed E-state index contributed by atoms with van der Waals surface area (Å²) in [5.74, 6) is -1.60. The van der Waals surface area contributed by atoms with Crippen molar-refractivity contribution >= 4 is 34.4 Å². The SMILES string of the molecule is CC(=O)N(Cc1ccccc1)c1nc2ccccc2n(CC(=O)Nc2ccccc2F)c1=O. The zero-order valence-corrected chi connectivity index (χ0v) is 17.9. The molecule has 8 heteroatoms. The summed E-state index contributed by atoms with van der Waals surface area (Å²) in [6.07, 6.45) is 0. The quantitative estimate of drug-likeness (QED) is 0.491. The summed E-state index contributed by atoms with van der Waals surface area (Å²) in [5.41, 5.74) is 1.13. The number of carbonyl (C=O) groups is 2. The molecule has 33 heavy (non-hydrogen) atoms. The van der Waals surface area contributed by atoms with Crippen molar-refractivity contribution in [3.63, 3.8) is 0 Å². The smallest absolute Gasteiger partial charge is 0.294 e. The molecule has 7 nitrogen and oxygen atoms in total. The molecule has 3 aromatic carbocycles. The molecule has 0 aliphatic heterocycles. The number of amides is 2. The number of nitrogens with zero attached hydrogens (tertiary/aromatic N) is 3. The fourth-order valence-corrected chi connectivity index (χ4v) is 3.51. The van der Waals surface area contributed by atoms with Crippen molar-refractivity contribution in [1.29, 1.82) is 0 Å². The van der Waals surface area contributed by atoms with Crippen molar-refractivity contribution in [2.24, 2.45) is 0 Å². The molecule has 0 aliphatic rings. The van der Waals surface area contributed by atoms with E-state index in [0.29, 0.717) is 11.0 Å². The number of halogens is 1. The maximum absolute atomic E-state index is 13.9. The lowest BCUT2D eigenvalue weighted by Crippen LogP contribution is -2.38. The number of nitrogens with one attached hydrogen (secondary N) is 1. The molecule has 0 radical (unpaired) electrons. The van der Waals surface area contributed by atoms with Gasteiger partial charge in [-0.15, -0.1) is 0 Å². The Bertz CT molecular complexity index is 1390. The summed E-state index contributed by atoms with van der Waals surface area (Å²) in [6.45, 7) is 1.13. The van der Waals surface area contributed by atoms with Gasteiger partial charge in [0.25, 0.3) is 5.56 Å². The van der Waals surface area contributed by atoms with Gasteiger partial charge in [0.2, 0.25) is 17.6 Å². The average Bonchev–Trinajstić information content (AvgIpc) is 2.81. The highest BCUT2D eigenvalue weighted by molar-refractivity contribution is 5.93. The number of carbonyl (C=O) groups excluding carboxylic acids is 2. The van der Waals surface area contributed by atoms with Crippen molar-refractivity contribution < 1.29 is 14.0 Å². The molecule has 4 rings (SSSR count). The zero-order chi connectivity index (χ0) is 23.4. The van der Waals surface area contributed by atoms with Crippen LogP contribution < -0.4 is 15.8 Å². The minimum absolute atomic E-state index is 0.0172. The molecule has 1 N–H and O–H groups in total. The number of benzene rings is 3. The van der Waals surface area contributed by atoms with E-state index in [1.54, 1.807) is 30.3 Å². The van der Waals surface area contributed by atoms with Gasteiger partial charge in [0.05, 0.1) is 23.3 Å². The third-order valence-corrected chi connectivity index (χ3v) is 5.10. The number of para-hydroxylation sites is 3. The molecule has 0 spiro atoms. The number of rotatable bonds is 6. The van der Waals surface area contributed by atoms with Crippen LogP contribution in [0.3, 0.4) is 0 Å². The molecule has 0 atom stereocenters. The Hall–Kier alpha value is -4.33. The second-order valence-electron chi connectivity index (χ2n) is 7.43. The molecule has 4 aromatic rings. The summed E-state index contributed by atoms with van der Waals surface area (Å²) < 4.78 is 15.2. The molecule has 0 fully saturated rings. The lowest BCUT2D eigenvalue weighted by atomic mass is 10.2. The number of fused-ring (bicyclic) bond motifs is 1. The Morgan fingerprint density at radius 3 is 2.36 bits per heavy atom. The Morgan fingerprint density at radius 1 is 0.970 bits per heavy atom. The molecule has 0 saturated carbocycles. The molecule has 1 aromatic heterocycles. The van der Waals surface area contributed by atoms with Crippen LogP contribution in [0.2, 0.25) is 0 Å². The molecule has 1 heterocycles. The highest BCUT2D eigenvalue weighted by Crippen LogP contribution is 2.18. The largest absolute Gasteiger partial charge is 0.322 e. The van der Waals surface area contributed by atoms with Gasteiger partial charge in [-0.25, -0.2) is 9.37 Å². The van der Waals surface area contributed by atoms with Gasteiger partial charge in [0.1, 0.15) is 12.4 Å². The van der Waals surface area contributed by atoms with Gasteiger partial charge in [-0.2, -0.15) is 0 Å². The van der Waals surface area contributed by atoms with Crippen LogP contribution in [-0.2, 0) is 22.7 Å². The fourth-order valence-electron chi connectivity index (χ4n) is 3.51. The number of hydrogen-bond acceptors (Lipinski definition) is 4. The van der Waals surface area contributed by atoms with E-state index in [-0.39, 0.29) is 30.5 Å². The summed E-state index contributed by atoms with van der Waals surface area (Å²) in [5, 5.41) is 2.49. The van der Waals surface area contributed by atoms with Crippen LogP contribution in [0.4, 0.5) is 15.9 Å². The van der Waals surface area contributed by atoms with Gasteiger partial charge < -0.3 is 5.32 Å². The van der Waals surface area contributed by atoms with Crippen molar-refractivity contribution in [2.75, 3.05) is 10.2 Å². The minimum Gasteiger partial charge on any atom is -0.322 e. The molecule has 0 aliphatic carbocycles. The van der Waals surface area contributed by atoms with Gasteiger partial charge in [-0.1, -0.05) is 54.6 Å². The van der Waals surface area contributed by atoms with Gasteiger partial charge in [0, 0.05) is 6.92 Å². The first kappa shape index (κ1) is 21.9. The lowest BCUT2D eigenvalue weighted by molar-refractivity contribution is -0.117. The highest BCUT2D eigenvalue weighted by Gasteiger charge is 2.22. The Balaban J connectivity index is 1.75. The maximum atomic E-state index is 13.9. The second-order valence-corrected chi connectivity index (χ2v) is 7.43. The number of aromatic nitrogens is 2. The predicted octanol–water partition coefficient (Wildman–Crippen LogP) is 3.73. The predicted molar refractivity (Wildman–Crippen MR) is 124 cm³/mol. The van der Waals surface area contributed by atoms with E-state index in [1.165, 1.54) is 34.6 Å². The summed E-state index contributed by atoms with van der Waals surface area (Å²) in [4.78, 5) is 44.3. The van der Waals surface area contributed by atoms with E-state index in [9.17, 15) is 18.8 Å². The van der Waals surface area contributed by atoms with E-state index < -0.39 is 17.3 Å². The minimum atomic E-state index is -0.594. The Labute approximate surface area is 189 Å².